The van der Waals surface area contributed by atoms with Crippen LogP contribution in [-0.2, 0) is 12.6 Å². The molecule has 0 fully saturated rings. The van der Waals surface area contributed by atoms with Gasteiger partial charge in [0.1, 0.15) is 0 Å². The number of halogens is 3. The average molecular weight is 215 g/mol. The summed E-state index contributed by atoms with van der Waals surface area (Å²) in [4.78, 5) is 0. The number of aryl methyl sites for hydroxylation is 1. The number of rotatable bonds is 4. The average Bonchev–Trinajstić information content (AvgIpc) is 2.17. The number of alkyl halides is 3. The molecule has 0 saturated carbocycles. The van der Waals surface area contributed by atoms with Crippen LogP contribution in [0, 0.1) is 6.42 Å². The van der Waals surface area contributed by atoms with Gasteiger partial charge in [-0.05, 0) is 30.9 Å². The van der Waals surface area contributed by atoms with Gasteiger partial charge in [0.15, 0.2) is 0 Å². The first-order valence-electron chi connectivity index (χ1n) is 5.02. The molecule has 0 nitrogen and oxygen atoms in total. The Morgan fingerprint density at radius 3 is 2.60 bits per heavy atom. The Morgan fingerprint density at radius 1 is 1.27 bits per heavy atom. The number of hydrogen-bond acceptors (Lipinski definition) is 0. The van der Waals surface area contributed by atoms with Crippen LogP contribution < -0.4 is 0 Å². The van der Waals surface area contributed by atoms with E-state index in [1.807, 2.05) is 6.92 Å². The highest BCUT2D eigenvalue weighted by molar-refractivity contribution is 5.25. The van der Waals surface area contributed by atoms with Gasteiger partial charge in [0.05, 0.1) is 5.56 Å². The highest BCUT2D eigenvalue weighted by Crippen LogP contribution is 2.29. The summed E-state index contributed by atoms with van der Waals surface area (Å²) in [5.41, 5.74) is 0.186. The van der Waals surface area contributed by atoms with Crippen molar-refractivity contribution in [3.63, 3.8) is 0 Å². The molecule has 3 heteroatoms. The van der Waals surface area contributed by atoms with Crippen LogP contribution in [0.5, 0.6) is 0 Å². The largest absolute Gasteiger partial charge is 0.416 e. The van der Waals surface area contributed by atoms with Crippen molar-refractivity contribution in [1.29, 1.82) is 0 Å². The molecule has 0 spiro atoms. The van der Waals surface area contributed by atoms with Crippen molar-refractivity contribution < 1.29 is 13.2 Å². The standard InChI is InChI=1S/C12H14F3/c1-2-3-4-6-10-7-5-8-11(9-10)12(13,14)15/h3,5,7-9H,2,4,6H2,1H3. The zero-order chi connectivity index (χ0) is 11.3. The summed E-state index contributed by atoms with van der Waals surface area (Å²) in [7, 11) is 0. The van der Waals surface area contributed by atoms with Crippen LogP contribution in [0.2, 0.25) is 0 Å². The highest BCUT2D eigenvalue weighted by Gasteiger charge is 2.30. The van der Waals surface area contributed by atoms with Crippen molar-refractivity contribution >= 4 is 0 Å². The quantitative estimate of drug-likeness (QED) is 0.658. The topological polar surface area (TPSA) is 0 Å². The Kier molecular flexibility index (Phi) is 4.18. The summed E-state index contributed by atoms with van der Waals surface area (Å²) >= 11 is 0. The summed E-state index contributed by atoms with van der Waals surface area (Å²) < 4.78 is 37.0. The molecule has 83 valence electrons. The minimum Gasteiger partial charge on any atom is -0.166 e. The predicted molar refractivity (Wildman–Crippen MR) is 54.4 cm³/mol. The van der Waals surface area contributed by atoms with E-state index in [-0.39, 0.29) is 0 Å². The first-order valence-corrected chi connectivity index (χ1v) is 5.02. The summed E-state index contributed by atoms with van der Waals surface area (Å²) in [6.45, 7) is 2.02. The lowest BCUT2D eigenvalue weighted by atomic mass is 10.0. The minimum absolute atomic E-state index is 0.559. The van der Waals surface area contributed by atoms with Gasteiger partial charge >= 0.3 is 6.18 Å². The van der Waals surface area contributed by atoms with Crippen LogP contribution in [0.4, 0.5) is 13.2 Å². The summed E-state index contributed by atoms with van der Waals surface area (Å²) in [6, 6.07) is 5.53. The second-order valence-corrected chi connectivity index (χ2v) is 3.43. The van der Waals surface area contributed by atoms with Gasteiger partial charge in [-0.25, -0.2) is 0 Å². The summed E-state index contributed by atoms with van der Waals surface area (Å²) in [5, 5.41) is 0. The third-order valence-corrected chi connectivity index (χ3v) is 2.18. The van der Waals surface area contributed by atoms with Gasteiger partial charge in [0.2, 0.25) is 0 Å². The maximum absolute atomic E-state index is 12.3. The van der Waals surface area contributed by atoms with Crippen LogP contribution in [0.3, 0.4) is 0 Å². The van der Waals surface area contributed by atoms with Crippen molar-refractivity contribution in [2.24, 2.45) is 0 Å². The highest BCUT2D eigenvalue weighted by atomic mass is 19.4. The smallest absolute Gasteiger partial charge is 0.166 e. The summed E-state index contributed by atoms with van der Waals surface area (Å²) in [5.74, 6) is 0. The molecule has 1 rings (SSSR count). The molecule has 1 aromatic rings. The molecular formula is C12H14F3. The van der Waals surface area contributed by atoms with Gasteiger partial charge < -0.3 is 0 Å². The molecule has 0 unspecified atom stereocenters. The Labute approximate surface area is 88.1 Å². The lowest BCUT2D eigenvalue weighted by Gasteiger charge is -2.08. The molecule has 0 aliphatic carbocycles. The van der Waals surface area contributed by atoms with E-state index in [9.17, 15) is 13.2 Å². The van der Waals surface area contributed by atoms with Crippen molar-refractivity contribution in [3.05, 3.63) is 41.8 Å². The van der Waals surface area contributed by atoms with Crippen LogP contribution in [0.1, 0.15) is 30.9 Å². The molecule has 0 heterocycles. The molecule has 1 radical (unpaired) electrons. The number of hydrogen-bond donors (Lipinski definition) is 0. The number of unbranched alkanes of at least 4 members (excludes halogenated alkanes) is 2. The van der Waals surface area contributed by atoms with Crippen LogP contribution in [0.25, 0.3) is 0 Å². The monoisotopic (exact) mass is 215 g/mol. The second kappa shape index (κ2) is 5.19. The van der Waals surface area contributed by atoms with Gasteiger partial charge in [-0.2, -0.15) is 13.2 Å². The van der Waals surface area contributed by atoms with Crippen molar-refractivity contribution in [1.82, 2.24) is 0 Å². The fraction of sp³-hybridized carbons (Fsp3) is 0.417. The lowest BCUT2D eigenvalue weighted by molar-refractivity contribution is -0.137. The first kappa shape index (κ1) is 12.1. The van der Waals surface area contributed by atoms with E-state index in [0.29, 0.717) is 6.42 Å². The Hall–Kier alpha value is -0.990. The first-order chi connectivity index (χ1) is 7.04. The van der Waals surface area contributed by atoms with E-state index in [1.54, 1.807) is 6.07 Å². The second-order valence-electron chi connectivity index (χ2n) is 3.43. The minimum atomic E-state index is -4.23. The maximum Gasteiger partial charge on any atom is 0.416 e. The third kappa shape index (κ3) is 3.94. The summed E-state index contributed by atoms with van der Waals surface area (Å²) in [6.07, 6.45) is 0.305. The molecule has 0 atom stereocenters. The molecule has 0 bridgehead atoms. The van der Waals surface area contributed by atoms with Gasteiger partial charge in [0.25, 0.3) is 0 Å². The molecular weight excluding hydrogens is 201 g/mol. The van der Waals surface area contributed by atoms with Gasteiger partial charge in [-0.3, -0.25) is 0 Å². The van der Waals surface area contributed by atoms with E-state index in [4.69, 9.17) is 0 Å². The van der Waals surface area contributed by atoms with Crippen LogP contribution in [0.15, 0.2) is 24.3 Å². The van der Waals surface area contributed by atoms with E-state index >= 15 is 0 Å². The molecule has 0 amide bonds. The zero-order valence-electron chi connectivity index (χ0n) is 8.64. The molecule has 0 aromatic heterocycles. The van der Waals surface area contributed by atoms with Gasteiger partial charge in [-0.15, -0.1) is 0 Å². The Bertz CT molecular complexity index is 302. The molecule has 0 aliphatic rings. The fourth-order valence-corrected chi connectivity index (χ4v) is 1.38. The maximum atomic E-state index is 12.3. The molecule has 0 N–H and O–H groups in total. The predicted octanol–water partition coefficient (Wildman–Crippen LogP) is 4.25. The Morgan fingerprint density at radius 2 is 2.00 bits per heavy atom. The van der Waals surface area contributed by atoms with E-state index in [2.05, 4.69) is 6.42 Å². The van der Waals surface area contributed by atoms with E-state index < -0.39 is 11.7 Å². The lowest BCUT2D eigenvalue weighted by Crippen LogP contribution is -2.05. The molecule has 0 aliphatic heterocycles. The Balaban J connectivity index is 2.66. The molecule has 15 heavy (non-hydrogen) atoms. The van der Waals surface area contributed by atoms with Gasteiger partial charge in [-0.1, -0.05) is 31.5 Å². The van der Waals surface area contributed by atoms with Crippen molar-refractivity contribution in [3.8, 4) is 0 Å². The van der Waals surface area contributed by atoms with Crippen LogP contribution in [-0.4, -0.2) is 0 Å². The van der Waals surface area contributed by atoms with Gasteiger partial charge in [0, 0.05) is 0 Å². The zero-order valence-corrected chi connectivity index (χ0v) is 8.64. The molecule has 1 aromatic carbocycles. The SMILES string of the molecule is CC[CH]CCc1cccc(C(F)(F)F)c1. The number of benzene rings is 1. The van der Waals surface area contributed by atoms with Crippen molar-refractivity contribution in [2.75, 3.05) is 0 Å². The van der Waals surface area contributed by atoms with E-state index in [0.717, 1.165) is 24.5 Å². The fourth-order valence-electron chi connectivity index (χ4n) is 1.38. The van der Waals surface area contributed by atoms with Crippen LogP contribution >= 0.6 is 0 Å². The normalized spacial score (nSPS) is 11.7. The van der Waals surface area contributed by atoms with Crippen molar-refractivity contribution in [2.45, 2.75) is 32.4 Å². The molecule has 0 saturated heterocycles. The van der Waals surface area contributed by atoms with E-state index in [1.165, 1.54) is 12.1 Å². The third-order valence-electron chi connectivity index (χ3n) is 2.18.